The highest BCUT2D eigenvalue weighted by molar-refractivity contribution is 5.60. The molecule has 0 bridgehead atoms. The van der Waals surface area contributed by atoms with Crippen LogP contribution in [0.25, 0.3) is 0 Å². The first-order valence-electron chi connectivity index (χ1n) is 4.76. The molecule has 0 aliphatic heterocycles. The number of rotatable bonds is 4. The molecule has 1 atom stereocenters. The third-order valence-corrected chi connectivity index (χ3v) is 2.12. The SMILES string of the molecule is CC(Nc1ccncc1[N+](=O)[O-])c1nn[nH]n1. The number of H-pyrrole nitrogens is 1. The molecule has 9 nitrogen and oxygen atoms in total. The number of anilines is 1. The normalized spacial score (nSPS) is 12.1. The van der Waals surface area contributed by atoms with Crippen molar-refractivity contribution >= 4 is 11.4 Å². The van der Waals surface area contributed by atoms with Crippen LogP contribution < -0.4 is 5.32 Å². The molecular weight excluding hydrogens is 226 g/mol. The molecule has 0 aliphatic carbocycles. The molecule has 88 valence electrons. The van der Waals surface area contributed by atoms with Crippen LogP contribution in [0.15, 0.2) is 18.5 Å². The Morgan fingerprint density at radius 3 is 3.06 bits per heavy atom. The maximum atomic E-state index is 10.8. The Bertz CT molecular complexity index is 512. The molecule has 1 unspecified atom stereocenters. The lowest BCUT2D eigenvalue weighted by Crippen LogP contribution is -2.10. The number of pyridine rings is 1. The number of nitrogens with one attached hydrogen (secondary N) is 2. The second-order valence-corrected chi connectivity index (χ2v) is 3.29. The average Bonchev–Trinajstić information content (AvgIpc) is 2.83. The number of hydrogen-bond donors (Lipinski definition) is 2. The number of nitrogens with zero attached hydrogens (tertiary/aromatic N) is 5. The fourth-order valence-corrected chi connectivity index (χ4v) is 1.30. The van der Waals surface area contributed by atoms with Gasteiger partial charge in [0.25, 0.3) is 0 Å². The zero-order valence-corrected chi connectivity index (χ0v) is 8.86. The van der Waals surface area contributed by atoms with Crippen molar-refractivity contribution in [1.82, 2.24) is 25.6 Å². The molecule has 2 N–H and O–H groups in total. The fraction of sp³-hybridized carbons (Fsp3) is 0.250. The maximum absolute atomic E-state index is 10.8. The molecule has 9 heteroatoms. The minimum absolute atomic E-state index is 0.0946. The molecular formula is C8H9N7O2. The Morgan fingerprint density at radius 2 is 2.41 bits per heavy atom. The van der Waals surface area contributed by atoms with E-state index in [0.717, 1.165) is 0 Å². The van der Waals surface area contributed by atoms with Gasteiger partial charge in [0.15, 0.2) is 5.82 Å². The lowest BCUT2D eigenvalue weighted by atomic mass is 10.2. The van der Waals surface area contributed by atoms with E-state index in [2.05, 4.69) is 30.9 Å². The van der Waals surface area contributed by atoms with Crippen LogP contribution in [-0.2, 0) is 0 Å². The van der Waals surface area contributed by atoms with Gasteiger partial charge in [-0.15, -0.1) is 10.2 Å². The van der Waals surface area contributed by atoms with E-state index < -0.39 is 4.92 Å². The Hall–Kier alpha value is -2.58. The maximum Gasteiger partial charge on any atom is 0.310 e. The lowest BCUT2D eigenvalue weighted by molar-refractivity contribution is -0.384. The van der Waals surface area contributed by atoms with E-state index in [1.54, 1.807) is 6.92 Å². The van der Waals surface area contributed by atoms with Crippen molar-refractivity contribution < 1.29 is 4.92 Å². The van der Waals surface area contributed by atoms with Gasteiger partial charge in [-0.05, 0) is 13.0 Å². The molecule has 2 aromatic heterocycles. The molecule has 0 aromatic carbocycles. The summed E-state index contributed by atoms with van der Waals surface area (Å²) >= 11 is 0. The van der Waals surface area contributed by atoms with Crippen LogP contribution in [0, 0.1) is 10.1 Å². The van der Waals surface area contributed by atoms with E-state index in [-0.39, 0.29) is 11.7 Å². The highest BCUT2D eigenvalue weighted by Crippen LogP contribution is 2.25. The second kappa shape index (κ2) is 4.51. The van der Waals surface area contributed by atoms with Crippen molar-refractivity contribution in [3.63, 3.8) is 0 Å². The standard InChI is InChI=1S/C8H9N7O2/c1-5(8-11-13-14-12-8)10-6-2-3-9-4-7(6)15(16)17/h2-5H,1H3,(H,9,10)(H,11,12,13,14). The van der Waals surface area contributed by atoms with Crippen LogP contribution >= 0.6 is 0 Å². The summed E-state index contributed by atoms with van der Waals surface area (Å²) in [7, 11) is 0. The van der Waals surface area contributed by atoms with Crippen LogP contribution in [-0.4, -0.2) is 30.5 Å². The summed E-state index contributed by atoms with van der Waals surface area (Å²) in [5.41, 5.74) is 0.269. The van der Waals surface area contributed by atoms with Gasteiger partial charge in [0.05, 0.1) is 11.0 Å². The Kier molecular flexibility index (Phi) is 2.90. The van der Waals surface area contributed by atoms with Crippen molar-refractivity contribution in [1.29, 1.82) is 0 Å². The number of tetrazole rings is 1. The lowest BCUT2D eigenvalue weighted by Gasteiger charge is -2.10. The van der Waals surface area contributed by atoms with E-state index in [1.165, 1.54) is 18.5 Å². The minimum atomic E-state index is -0.502. The Balaban J connectivity index is 2.21. The van der Waals surface area contributed by atoms with Crippen LogP contribution in [0.2, 0.25) is 0 Å². The first kappa shape index (κ1) is 10.9. The first-order valence-corrected chi connectivity index (χ1v) is 4.76. The second-order valence-electron chi connectivity index (χ2n) is 3.29. The molecule has 0 amide bonds. The van der Waals surface area contributed by atoms with E-state index in [1.807, 2.05) is 0 Å². The summed E-state index contributed by atoms with van der Waals surface area (Å²) in [4.78, 5) is 14.0. The molecule has 2 rings (SSSR count). The minimum Gasteiger partial charge on any atom is -0.370 e. The van der Waals surface area contributed by atoms with Gasteiger partial charge in [-0.3, -0.25) is 15.1 Å². The van der Waals surface area contributed by atoms with Gasteiger partial charge in [0.1, 0.15) is 11.9 Å². The summed E-state index contributed by atoms with van der Waals surface area (Å²) < 4.78 is 0. The predicted molar refractivity (Wildman–Crippen MR) is 57.1 cm³/mol. The van der Waals surface area contributed by atoms with Crippen LogP contribution in [0.3, 0.4) is 0 Å². The van der Waals surface area contributed by atoms with Crippen molar-refractivity contribution in [3.8, 4) is 0 Å². The predicted octanol–water partition coefficient (Wildman–Crippen LogP) is 0.676. The highest BCUT2D eigenvalue weighted by atomic mass is 16.6. The summed E-state index contributed by atoms with van der Waals surface area (Å²) in [6.45, 7) is 1.77. The van der Waals surface area contributed by atoms with Gasteiger partial charge in [-0.25, -0.2) is 0 Å². The summed E-state index contributed by atoms with van der Waals surface area (Å²) in [6, 6.07) is 1.23. The first-order chi connectivity index (χ1) is 8.18. The van der Waals surface area contributed by atoms with Crippen LogP contribution in [0.5, 0.6) is 0 Å². The van der Waals surface area contributed by atoms with Crippen molar-refractivity contribution in [3.05, 3.63) is 34.4 Å². The molecule has 0 saturated carbocycles. The Morgan fingerprint density at radius 1 is 1.59 bits per heavy atom. The summed E-state index contributed by atoms with van der Waals surface area (Å²) in [5.74, 6) is 0.427. The highest BCUT2D eigenvalue weighted by Gasteiger charge is 2.17. The fourth-order valence-electron chi connectivity index (χ4n) is 1.30. The molecule has 0 radical (unpaired) electrons. The van der Waals surface area contributed by atoms with Crippen molar-refractivity contribution in [2.75, 3.05) is 5.32 Å². The van der Waals surface area contributed by atoms with Crippen molar-refractivity contribution in [2.24, 2.45) is 0 Å². The molecule has 2 heterocycles. The van der Waals surface area contributed by atoms with Gasteiger partial charge in [-0.2, -0.15) is 5.21 Å². The third kappa shape index (κ3) is 2.33. The van der Waals surface area contributed by atoms with E-state index in [0.29, 0.717) is 11.5 Å². The summed E-state index contributed by atoms with van der Waals surface area (Å²) in [5, 5.41) is 27.0. The zero-order chi connectivity index (χ0) is 12.3. The van der Waals surface area contributed by atoms with Gasteiger partial charge in [0, 0.05) is 6.20 Å². The van der Waals surface area contributed by atoms with E-state index in [4.69, 9.17) is 0 Å². The average molecular weight is 235 g/mol. The molecule has 0 aliphatic rings. The van der Waals surface area contributed by atoms with Crippen LogP contribution in [0.4, 0.5) is 11.4 Å². The molecule has 0 saturated heterocycles. The quantitative estimate of drug-likeness (QED) is 0.589. The van der Waals surface area contributed by atoms with Gasteiger partial charge < -0.3 is 5.32 Å². The number of nitro groups is 1. The monoisotopic (exact) mass is 235 g/mol. The van der Waals surface area contributed by atoms with Gasteiger partial charge in [0.2, 0.25) is 0 Å². The topological polar surface area (TPSA) is 123 Å². The number of aromatic amines is 1. The van der Waals surface area contributed by atoms with Crippen LogP contribution in [0.1, 0.15) is 18.8 Å². The molecule has 0 fully saturated rings. The summed E-state index contributed by atoms with van der Waals surface area (Å²) in [6.07, 6.45) is 2.66. The van der Waals surface area contributed by atoms with Gasteiger partial charge >= 0.3 is 5.69 Å². The third-order valence-electron chi connectivity index (χ3n) is 2.12. The van der Waals surface area contributed by atoms with E-state index in [9.17, 15) is 10.1 Å². The zero-order valence-electron chi connectivity index (χ0n) is 8.86. The molecule has 17 heavy (non-hydrogen) atoms. The Labute approximate surface area is 95.4 Å². The number of hydrogen-bond acceptors (Lipinski definition) is 7. The smallest absolute Gasteiger partial charge is 0.310 e. The van der Waals surface area contributed by atoms with Crippen molar-refractivity contribution in [2.45, 2.75) is 13.0 Å². The molecule has 2 aromatic rings. The van der Waals surface area contributed by atoms with E-state index >= 15 is 0 Å². The number of aromatic nitrogens is 5. The molecule has 0 spiro atoms. The largest absolute Gasteiger partial charge is 0.370 e. The van der Waals surface area contributed by atoms with Gasteiger partial charge in [-0.1, -0.05) is 5.21 Å².